The number of allylic oxidation sites excluding steroid dienone is 2. The molecule has 3 N–H and O–H groups in total. The van der Waals surface area contributed by atoms with E-state index in [4.69, 9.17) is 25.2 Å². The molecule has 3 fully saturated rings. The van der Waals surface area contributed by atoms with Crippen molar-refractivity contribution >= 4 is 16.7 Å². The van der Waals surface area contributed by atoms with E-state index in [1.54, 1.807) is 12.1 Å². The number of nitrogens with one attached hydrogen (secondary N) is 1. The van der Waals surface area contributed by atoms with Crippen LogP contribution in [0.2, 0.25) is 0 Å². The van der Waals surface area contributed by atoms with Crippen LogP contribution in [-0.4, -0.2) is 78.8 Å². The summed E-state index contributed by atoms with van der Waals surface area (Å²) in [4.78, 5) is 13.9. The van der Waals surface area contributed by atoms with Crippen LogP contribution in [0.25, 0.3) is 10.9 Å². The maximum atomic E-state index is 14.3. The van der Waals surface area contributed by atoms with Crippen LogP contribution in [0.3, 0.4) is 0 Å². The van der Waals surface area contributed by atoms with Crippen molar-refractivity contribution < 1.29 is 27.0 Å². The van der Waals surface area contributed by atoms with Crippen molar-refractivity contribution in [1.82, 2.24) is 20.2 Å². The summed E-state index contributed by atoms with van der Waals surface area (Å²) in [6.45, 7) is 5.68. The van der Waals surface area contributed by atoms with Crippen molar-refractivity contribution in [3.8, 4) is 6.01 Å². The zero-order valence-electron chi connectivity index (χ0n) is 23.1. The lowest BCUT2D eigenvalue weighted by Crippen LogP contribution is -2.49. The van der Waals surface area contributed by atoms with Gasteiger partial charge in [0.2, 0.25) is 0 Å². The number of halogens is 4. The summed E-state index contributed by atoms with van der Waals surface area (Å²) in [6, 6.07) is 5.59. The first kappa shape index (κ1) is 28.2. The van der Waals surface area contributed by atoms with Crippen molar-refractivity contribution in [3.63, 3.8) is 0 Å². The number of rotatable bonds is 5. The summed E-state index contributed by atoms with van der Waals surface area (Å²) >= 11 is 0. The summed E-state index contributed by atoms with van der Waals surface area (Å²) in [5, 5.41) is 3.52. The normalized spacial score (nSPS) is 29.4. The number of alkyl halides is 4. The highest BCUT2D eigenvalue weighted by atomic mass is 19.4. The lowest BCUT2D eigenvalue weighted by molar-refractivity contribution is -0.0901. The van der Waals surface area contributed by atoms with E-state index in [-0.39, 0.29) is 23.7 Å². The molecule has 0 amide bonds. The quantitative estimate of drug-likeness (QED) is 0.510. The van der Waals surface area contributed by atoms with Crippen molar-refractivity contribution in [2.75, 3.05) is 50.9 Å². The van der Waals surface area contributed by atoms with E-state index in [0.717, 1.165) is 57.0 Å². The minimum atomic E-state index is -4.49. The highest BCUT2D eigenvalue weighted by Gasteiger charge is 2.49. The second-order valence-corrected chi connectivity index (χ2v) is 11.6. The third-order valence-corrected chi connectivity index (χ3v) is 8.77. The Kier molecular flexibility index (Phi) is 7.36. The van der Waals surface area contributed by atoms with E-state index in [9.17, 15) is 17.6 Å². The van der Waals surface area contributed by atoms with Gasteiger partial charge in [0.25, 0.3) is 0 Å². The third kappa shape index (κ3) is 5.49. The zero-order valence-corrected chi connectivity index (χ0v) is 23.1. The largest absolute Gasteiger partial charge is 0.461 e. The number of nitrogens with zero attached hydrogens (tertiary/aromatic N) is 4. The van der Waals surface area contributed by atoms with E-state index >= 15 is 0 Å². The number of ether oxygens (including phenoxy) is 2. The molecule has 8 nitrogen and oxygen atoms in total. The van der Waals surface area contributed by atoms with Crippen LogP contribution >= 0.6 is 0 Å². The minimum Gasteiger partial charge on any atom is -0.461 e. The fourth-order valence-corrected chi connectivity index (χ4v) is 6.65. The van der Waals surface area contributed by atoms with Crippen LogP contribution in [0.1, 0.15) is 44.6 Å². The Hall–Kier alpha value is -2.96. The fraction of sp³-hybridized carbons (Fsp3) is 0.586. The van der Waals surface area contributed by atoms with Gasteiger partial charge in [-0.05, 0) is 68.5 Å². The van der Waals surface area contributed by atoms with Crippen LogP contribution < -0.4 is 20.7 Å². The van der Waals surface area contributed by atoms with Crippen LogP contribution in [0, 0.1) is 0 Å². The number of nitrogens with two attached hydrogens (primary N) is 1. The Labute approximate surface area is 236 Å². The predicted molar refractivity (Wildman–Crippen MR) is 147 cm³/mol. The Morgan fingerprint density at radius 1 is 1.15 bits per heavy atom. The Morgan fingerprint density at radius 3 is 2.80 bits per heavy atom. The Balaban J connectivity index is 1.36. The molecule has 41 heavy (non-hydrogen) atoms. The molecule has 2 aromatic rings. The molecule has 12 heteroatoms. The van der Waals surface area contributed by atoms with E-state index in [2.05, 4.69) is 15.1 Å². The van der Waals surface area contributed by atoms with Crippen LogP contribution in [0.5, 0.6) is 6.01 Å². The molecule has 0 saturated carbocycles. The second-order valence-electron chi connectivity index (χ2n) is 11.6. The van der Waals surface area contributed by atoms with E-state index in [1.165, 1.54) is 13.0 Å². The molecule has 6 rings (SSSR count). The first-order valence-electron chi connectivity index (χ1n) is 14.3. The average Bonchev–Trinajstić information content (AvgIpc) is 3.41. The van der Waals surface area contributed by atoms with Gasteiger partial charge in [-0.3, -0.25) is 4.90 Å². The second kappa shape index (κ2) is 10.7. The lowest BCUT2D eigenvalue weighted by atomic mass is 9.91. The van der Waals surface area contributed by atoms with Gasteiger partial charge in [-0.25, -0.2) is 4.39 Å². The van der Waals surface area contributed by atoms with Gasteiger partial charge in [-0.1, -0.05) is 6.07 Å². The number of hydrogen-bond acceptors (Lipinski definition) is 8. The van der Waals surface area contributed by atoms with E-state index < -0.39 is 23.6 Å². The molecule has 222 valence electrons. The molecule has 4 aliphatic heterocycles. The molecule has 0 spiro atoms. The molecule has 0 bridgehead atoms. The summed E-state index contributed by atoms with van der Waals surface area (Å²) in [6.07, 6.45) is 1.11. The van der Waals surface area contributed by atoms with E-state index in [0.29, 0.717) is 43.0 Å². The monoisotopic (exact) mass is 576 g/mol. The standard InChI is InChI=1S/C29H36F4N6O2/c1-19-14-28(34,35-16-23(19)29(31,32)33)20-5-6-22-24(13-20)36-26(37-25(22)38-8-2-3-11-40-12-10-38)41-18-27-7-4-9-39(27)17-21(30)15-27/h5-6,13-14,16,21,35H,2-4,7-12,15,17-18,34H2,1H3/t21-,27+,28?/m1/s1. The van der Waals surface area contributed by atoms with E-state index in [1.807, 2.05) is 6.07 Å². The lowest BCUT2D eigenvalue weighted by Gasteiger charge is -2.33. The summed E-state index contributed by atoms with van der Waals surface area (Å²) in [7, 11) is 0. The molecule has 1 unspecified atom stereocenters. The van der Waals surface area contributed by atoms with Crippen LogP contribution in [0.4, 0.5) is 23.4 Å². The topological polar surface area (TPSA) is 88.8 Å². The molecular weight excluding hydrogens is 540 g/mol. The molecule has 3 saturated heterocycles. The number of hydrogen-bond donors (Lipinski definition) is 2. The van der Waals surface area contributed by atoms with Gasteiger partial charge >= 0.3 is 12.2 Å². The number of aromatic nitrogens is 2. The number of dihydropyridines is 1. The van der Waals surface area contributed by atoms with Gasteiger partial charge in [0.1, 0.15) is 24.3 Å². The Bertz CT molecular complexity index is 1360. The van der Waals surface area contributed by atoms with Gasteiger partial charge in [0, 0.05) is 44.2 Å². The summed E-state index contributed by atoms with van der Waals surface area (Å²) in [5.74, 6) is 0.700. The first-order chi connectivity index (χ1) is 19.6. The van der Waals surface area contributed by atoms with Gasteiger partial charge in [0.15, 0.2) is 0 Å². The number of benzene rings is 1. The number of fused-ring (bicyclic) bond motifs is 2. The average molecular weight is 577 g/mol. The molecule has 5 heterocycles. The molecule has 4 aliphatic rings. The molecule has 1 aromatic heterocycles. The Morgan fingerprint density at radius 2 is 2.00 bits per heavy atom. The predicted octanol–water partition coefficient (Wildman–Crippen LogP) is 4.31. The summed E-state index contributed by atoms with van der Waals surface area (Å²) in [5.41, 5.74) is 5.26. The highest BCUT2D eigenvalue weighted by Crippen LogP contribution is 2.41. The zero-order chi connectivity index (χ0) is 28.8. The first-order valence-corrected chi connectivity index (χ1v) is 14.3. The summed E-state index contributed by atoms with van der Waals surface area (Å²) < 4.78 is 66.5. The van der Waals surface area contributed by atoms with Crippen molar-refractivity contribution in [2.45, 2.75) is 62.6 Å². The molecule has 0 aliphatic carbocycles. The molecule has 3 atom stereocenters. The van der Waals surface area contributed by atoms with Crippen LogP contribution in [-0.2, 0) is 10.4 Å². The van der Waals surface area contributed by atoms with Gasteiger partial charge in [0.05, 0.1) is 23.2 Å². The van der Waals surface area contributed by atoms with Gasteiger partial charge < -0.3 is 25.4 Å². The van der Waals surface area contributed by atoms with Crippen molar-refractivity contribution in [2.24, 2.45) is 5.73 Å². The third-order valence-electron chi connectivity index (χ3n) is 8.77. The fourth-order valence-electron chi connectivity index (χ4n) is 6.65. The molecule has 1 aromatic carbocycles. The van der Waals surface area contributed by atoms with Crippen molar-refractivity contribution in [3.05, 3.63) is 47.2 Å². The highest BCUT2D eigenvalue weighted by molar-refractivity contribution is 5.90. The van der Waals surface area contributed by atoms with Gasteiger partial charge in [-0.15, -0.1) is 0 Å². The minimum absolute atomic E-state index is 0.0370. The molecular formula is C29H36F4N6O2. The maximum absolute atomic E-state index is 14.3. The maximum Gasteiger partial charge on any atom is 0.418 e. The van der Waals surface area contributed by atoms with Gasteiger partial charge in [-0.2, -0.15) is 23.1 Å². The SMILES string of the molecule is CC1=CC(N)(c2ccc3c(N4CCCCOCC4)nc(OC[C@@]45CCCN4C[C@H](F)C5)nc3c2)NC=C1C(F)(F)F. The molecule has 0 radical (unpaired) electrons. The van der Waals surface area contributed by atoms with Crippen LogP contribution in [0.15, 0.2) is 41.6 Å². The number of anilines is 1. The van der Waals surface area contributed by atoms with Crippen molar-refractivity contribution in [1.29, 1.82) is 0 Å². The smallest absolute Gasteiger partial charge is 0.418 e.